The fourth-order valence-corrected chi connectivity index (χ4v) is 2.57. The Balaban J connectivity index is 0.00000141. The Morgan fingerprint density at radius 1 is 1.10 bits per heavy atom. The van der Waals surface area contributed by atoms with E-state index < -0.39 is 19.0 Å². The Morgan fingerprint density at radius 2 is 1.70 bits per heavy atom. The van der Waals surface area contributed by atoms with Crippen LogP contribution in [0.15, 0.2) is 42.5 Å². The van der Waals surface area contributed by atoms with E-state index >= 15 is 0 Å². The molecule has 0 aliphatic heterocycles. The number of nitrogens with one attached hydrogen (secondary N) is 1. The smallest absolute Gasteiger partial charge is 0.333 e. The van der Waals surface area contributed by atoms with Crippen molar-refractivity contribution in [1.82, 2.24) is 5.32 Å². The average molecular weight is 427 g/mol. The normalized spacial score (nSPS) is 11.1. The second-order valence-electron chi connectivity index (χ2n) is 5.93. The summed E-state index contributed by atoms with van der Waals surface area (Å²) in [4.78, 5) is 23.8. The van der Waals surface area contributed by atoms with E-state index in [9.17, 15) is 27.9 Å². The lowest BCUT2D eigenvalue weighted by molar-refractivity contribution is -0.149. The Hall–Kier alpha value is -3.07. The Bertz CT molecular complexity index is 815. The van der Waals surface area contributed by atoms with Crippen molar-refractivity contribution in [3.8, 4) is 5.75 Å². The van der Waals surface area contributed by atoms with Crippen LogP contribution in [0.25, 0.3) is 0 Å². The number of carboxylic acids is 1. The zero-order chi connectivity index (χ0) is 22.5. The second kappa shape index (κ2) is 13.2. The first kappa shape index (κ1) is 25.0. The lowest BCUT2D eigenvalue weighted by Crippen LogP contribution is -2.27. The molecular formula is C21H24F3NO5. The first-order valence-electron chi connectivity index (χ1n) is 9.02. The molecule has 0 heterocycles. The van der Waals surface area contributed by atoms with Gasteiger partial charge in [0.15, 0.2) is 6.10 Å². The van der Waals surface area contributed by atoms with E-state index in [1.807, 2.05) is 0 Å². The van der Waals surface area contributed by atoms with E-state index in [0.717, 1.165) is 5.56 Å². The molecule has 0 saturated carbocycles. The summed E-state index contributed by atoms with van der Waals surface area (Å²) in [7, 11) is 1.45. The highest BCUT2D eigenvalue weighted by atomic mass is 19.3. The summed E-state index contributed by atoms with van der Waals surface area (Å²) in [5, 5.41) is 12.0. The SMILES string of the molecule is CCOC(Cc1ccc(OC)c(C(=O)NCc2ccc(F)cc2)c1)C(=O)O.FCF. The number of hydrogen-bond acceptors (Lipinski definition) is 4. The summed E-state index contributed by atoms with van der Waals surface area (Å²) in [6.07, 6.45) is -0.857. The molecule has 1 amide bonds. The molecule has 6 nitrogen and oxygen atoms in total. The molecule has 0 bridgehead atoms. The van der Waals surface area contributed by atoms with Gasteiger partial charge in [-0.3, -0.25) is 4.79 Å². The van der Waals surface area contributed by atoms with Gasteiger partial charge in [0.25, 0.3) is 5.91 Å². The van der Waals surface area contributed by atoms with Crippen LogP contribution in [0, 0.1) is 5.82 Å². The van der Waals surface area contributed by atoms with Crippen LogP contribution >= 0.6 is 0 Å². The molecule has 0 fully saturated rings. The number of amides is 1. The van der Waals surface area contributed by atoms with Crippen LogP contribution in [0.1, 0.15) is 28.4 Å². The van der Waals surface area contributed by atoms with E-state index in [4.69, 9.17) is 9.47 Å². The fraction of sp³-hybridized carbons (Fsp3) is 0.333. The van der Waals surface area contributed by atoms with Gasteiger partial charge in [0.05, 0.1) is 12.7 Å². The van der Waals surface area contributed by atoms with Crippen LogP contribution in [-0.2, 0) is 22.5 Å². The monoisotopic (exact) mass is 427 g/mol. The fourth-order valence-electron chi connectivity index (χ4n) is 2.57. The molecule has 9 heteroatoms. The molecule has 1 unspecified atom stereocenters. The number of methoxy groups -OCH3 is 1. The van der Waals surface area contributed by atoms with Crippen LogP contribution < -0.4 is 10.1 Å². The molecule has 0 saturated heterocycles. The predicted octanol–water partition coefficient (Wildman–Crippen LogP) is 3.68. The molecule has 30 heavy (non-hydrogen) atoms. The number of ether oxygens (including phenoxy) is 2. The summed E-state index contributed by atoms with van der Waals surface area (Å²) in [5.41, 5.74) is 1.68. The van der Waals surface area contributed by atoms with Crippen molar-refractivity contribution < 1.29 is 37.3 Å². The number of aliphatic carboxylic acids is 1. The minimum Gasteiger partial charge on any atom is -0.496 e. The van der Waals surface area contributed by atoms with Crippen molar-refractivity contribution in [1.29, 1.82) is 0 Å². The zero-order valence-electron chi connectivity index (χ0n) is 16.7. The van der Waals surface area contributed by atoms with Crippen LogP contribution in [0.4, 0.5) is 13.2 Å². The summed E-state index contributed by atoms with van der Waals surface area (Å²) in [5.74, 6) is -1.41. The molecule has 0 aliphatic carbocycles. The third-order valence-corrected chi connectivity index (χ3v) is 3.94. The van der Waals surface area contributed by atoms with Gasteiger partial charge in [-0.2, -0.15) is 0 Å². The highest BCUT2D eigenvalue weighted by Crippen LogP contribution is 2.21. The molecule has 2 aromatic rings. The standard InChI is InChI=1S/C20H22FNO5.CH2F2/c1-3-27-18(20(24)25)11-14-6-9-17(26-2)16(10-14)19(23)22-12-13-4-7-15(21)8-5-13;2-1-3/h4-10,18H,3,11-12H2,1-2H3,(H,22,23)(H,24,25);1H2. The molecule has 0 spiro atoms. The van der Waals surface area contributed by atoms with Gasteiger partial charge < -0.3 is 19.9 Å². The first-order chi connectivity index (χ1) is 14.4. The van der Waals surface area contributed by atoms with Gasteiger partial charge in [0.1, 0.15) is 11.6 Å². The van der Waals surface area contributed by atoms with E-state index in [-0.39, 0.29) is 36.9 Å². The van der Waals surface area contributed by atoms with Crippen molar-refractivity contribution in [2.24, 2.45) is 0 Å². The third kappa shape index (κ3) is 8.12. The molecule has 0 aromatic heterocycles. The van der Waals surface area contributed by atoms with Gasteiger partial charge in [-0.25, -0.2) is 18.0 Å². The van der Waals surface area contributed by atoms with E-state index in [2.05, 4.69) is 5.32 Å². The zero-order valence-corrected chi connectivity index (χ0v) is 16.7. The minimum absolute atomic E-state index is 0.130. The summed E-state index contributed by atoms with van der Waals surface area (Å²) < 4.78 is 42.7. The minimum atomic E-state index is -1.75. The average Bonchev–Trinajstić information content (AvgIpc) is 2.73. The van der Waals surface area contributed by atoms with Crippen molar-refractivity contribution in [2.75, 3.05) is 20.6 Å². The number of carbonyl (C=O) groups excluding carboxylic acids is 1. The lowest BCUT2D eigenvalue weighted by atomic mass is 10.0. The van der Waals surface area contributed by atoms with Crippen LogP contribution in [0.5, 0.6) is 5.75 Å². The van der Waals surface area contributed by atoms with Crippen LogP contribution in [0.2, 0.25) is 0 Å². The molecular weight excluding hydrogens is 403 g/mol. The van der Waals surface area contributed by atoms with Gasteiger partial charge in [-0.05, 0) is 42.3 Å². The van der Waals surface area contributed by atoms with Gasteiger partial charge >= 0.3 is 5.97 Å². The third-order valence-electron chi connectivity index (χ3n) is 3.94. The molecule has 1 atom stereocenters. The summed E-state index contributed by atoms with van der Waals surface area (Å²) >= 11 is 0. The number of alkyl halides is 2. The van der Waals surface area contributed by atoms with Gasteiger partial charge in [-0.15, -0.1) is 0 Å². The van der Waals surface area contributed by atoms with Gasteiger partial charge in [0.2, 0.25) is 6.93 Å². The molecule has 0 radical (unpaired) electrons. The summed E-state index contributed by atoms with van der Waals surface area (Å²) in [6.45, 7) is 0.472. The molecule has 2 aromatic carbocycles. The van der Waals surface area contributed by atoms with Crippen molar-refractivity contribution in [3.63, 3.8) is 0 Å². The van der Waals surface area contributed by atoms with E-state index in [1.54, 1.807) is 37.3 Å². The maximum absolute atomic E-state index is 13.0. The topological polar surface area (TPSA) is 84.9 Å². The van der Waals surface area contributed by atoms with Gasteiger partial charge in [0, 0.05) is 19.6 Å². The Morgan fingerprint density at radius 3 is 2.23 bits per heavy atom. The number of carboxylic acid groups (broad SMARTS) is 1. The first-order valence-corrected chi connectivity index (χ1v) is 9.02. The van der Waals surface area contributed by atoms with E-state index in [1.165, 1.54) is 19.2 Å². The Kier molecular flexibility index (Phi) is 11.0. The maximum atomic E-state index is 13.0. The van der Waals surface area contributed by atoms with E-state index in [0.29, 0.717) is 11.3 Å². The van der Waals surface area contributed by atoms with Crippen molar-refractivity contribution in [2.45, 2.75) is 26.0 Å². The lowest BCUT2D eigenvalue weighted by Gasteiger charge is -2.15. The highest BCUT2D eigenvalue weighted by Gasteiger charge is 2.20. The number of benzene rings is 2. The van der Waals surface area contributed by atoms with Gasteiger partial charge in [-0.1, -0.05) is 18.2 Å². The van der Waals surface area contributed by atoms with Crippen molar-refractivity contribution in [3.05, 3.63) is 65.0 Å². The van der Waals surface area contributed by atoms with Crippen molar-refractivity contribution >= 4 is 11.9 Å². The predicted molar refractivity (Wildman–Crippen MR) is 104 cm³/mol. The Labute approximate surface area is 172 Å². The largest absolute Gasteiger partial charge is 0.496 e. The highest BCUT2D eigenvalue weighted by molar-refractivity contribution is 5.97. The molecule has 2 rings (SSSR count). The number of carbonyl (C=O) groups is 2. The maximum Gasteiger partial charge on any atom is 0.333 e. The quantitative estimate of drug-likeness (QED) is 0.638. The molecule has 164 valence electrons. The number of hydrogen-bond donors (Lipinski definition) is 2. The van der Waals surface area contributed by atoms with Crippen LogP contribution in [-0.4, -0.2) is 43.7 Å². The second-order valence-corrected chi connectivity index (χ2v) is 5.93. The molecule has 0 aliphatic rings. The summed E-state index contributed by atoms with van der Waals surface area (Å²) in [6, 6.07) is 10.7. The van der Waals surface area contributed by atoms with Crippen LogP contribution in [0.3, 0.4) is 0 Å². The number of rotatable bonds is 9. The number of halogens is 3. The molecule has 2 N–H and O–H groups in total.